The lowest BCUT2D eigenvalue weighted by Gasteiger charge is -2.08. The third-order valence-corrected chi connectivity index (χ3v) is 2.25. The summed E-state index contributed by atoms with van der Waals surface area (Å²) in [6, 6.07) is 8.11. The first-order valence-corrected chi connectivity index (χ1v) is 5.20. The molecule has 0 aliphatic heterocycles. The van der Waals surface area contributed by atoms with Gasteiger partial charge in [-0.15, -0.1) is 0 Å². The van der Waals surface area contributed by atoms with Crippen LogP contribution in [-0.2, 0) is 11.2 Å². The predicted molar refractivity (Wildman–Crippen MR) is 61.4 cm³/mol. The number of benzene rings is 1. The highest BCUT2D eigenvalue weighted by atomic mass is 16.5. The molecular formula is C12H19NO2. The molecule has 0 radical (unpaired) electrons. The van der Waals surface area contributed by atoms with Gasteiger partial charge in [-0.25, -0.2) is 0 Å². The van der Waals surface area contributed by atoms with Gasteiger partial charge >= 0.3 is 0 Å². The topological polar surface area (TPSA) is 30.5 Å². The number of hydrogen-bond donors (Lipinski definition) is 1. The maximum atomic E-state index is 5.27. The Labute approximate surface area is 91.4 Å². The van der Waals surface area contributed by atoms with Gasteiger partial charge in [-0.05, 0) is 24.6 Å². The van der Waals surface area contributed by atoms with Gasteiger partial charge in [-0.3, -0.25) is 0 Å². The second-order valence-corrected chi connectivity index (χ2v) is 3.30. The summed E-state index contributed by atoms with van der Waals surface area (Å²) < 4.78 is 10.2. The molecule has 0 heterocycles. The molecule has 15 heavy (non-hydrogen) atoms. The van der Waals surface area contributed by atoms with Crippen molar-refractivity contribution in [1.29, 1.82) is 0 Å². The summed E-state index contributed by atoms with van der Waals surface area (Å²) >= 11 is 0. The number of para-hydroxylation sites is 1. The molecule has 1 aromatic rings. The lowest BCUT2D eigenvalue weighted by molar-refractivity contribution is 0.199. The SMILES string of the molecule is COCCNCCc1ccccc1OC. The molecule has 0 unspecified atom stereocenters. The fourth-order valence-corrected chi connectivity index (χ4v) is 1.43. The standard InChI is InChI=1S/C12H19NO2/c1-14-10-9-13-8-7-11-5-3-4-6-12(11)15-2/h3-6,13H,7-10H2,1-2H3. The summed E-state index contributed by atoms with van der Waals surface area (Å²) in [6.07, 6.45) is 0.980. The molecule has 0 aliphatic carbocycles. The molecule has 0 saturated heterocycles. The first-order chi connectivity index (χ1) is 7.38. The Morgan fingerprint density at radius 1 is 1.13 bits per heavy atom. The maximum Gasteiger partial charge on any atom is 0.122 e. The van der Waals surface area contributed by atoms with E-state index >= 15 is 0 Å². The Morgan fingerprint density at radius 3 is 2.67 bits per heavy atom. The van der Waals surface area contributed by atoms with Crippen LogP contribution in [0.3, 0.4) is 0 Å². The highest BCUT2D eigenvalue weighted by Crippen LogP contribution is 2.16. The van der Waals surface area contributed by atoms with Gasteiger partial charge < -0.3 is 14.8 Å². The van der Waals surface area contributed by atoms with Crippen molar-refractivity contribution in [2.24, 2.45) is 0 Å². The fourth-order valence-electron chi connectivity index (χ4n) is 1.43. The highest BCUT2D eigenvalue weighted by molar-refractivity contribution is 5.33. The van der Waals surface area contributed by atoms with Crippen molar-refractivity contribution in [2.75, 3.05) is 33.9 Å². The van der Waals surface area contributed by atoms with Gasteiger partial charge in [0.15, 0.2) is 0 Å². The number of hydrogen-bond acceptors (Lipinski definition) is 3. The van der Waals surface area contributed by atoms with Crippen molar-refractivity contribution >= 4 is 0 Å². The van der Waals surface area contributed by atoms with Gasteiger partial charge in [0.05, 0.1) is 13.7 Å². The molecule has 1 rings (SSSR count). The summed E-state index contributed by atoms with van der Waals surface area (Å²) in [6.45, 7) is 2.60. The molecule has 0 amide bonds. The largest absolute Gasteiger partial charge is 0.496 e. The minimum absolute atomic E-state index is 0.756. The lowest BCUT2D eigenvalue weighted by atomic mass is 10.1. The van der Waals surface area contributed by atoms with Gasteiger partial charge in [0.1, 0.15) is 5.75 Å². The van der Waals surface area contributed by atoms with Crippen LogP contribution in [0.25, 0.3) is 0 Å². The Kier molecular flexibility index (Phi) is 5.81. The molecule has 0 spiro atoms. The fraction of sp³-hybridized carbons (Fsp3) is 0.500. The Morgan fingerprint density at radius 2 is 1.93 bits per heavy atom. The second kappa shape index (κ2) is 7.26. The van der Waals surface area contributed by atoms with Crippen LogP contribution in [0.1, 0.15) is 5.56 Å². The lowest BCUT2D eigenvalue weighted by Crippen LogP contribution is -2.21. The number of ether oxygens (including phenoxy) is 2. The molecule has 0 aromatic heterocycles. The molecule has 0 aliphatic rings. The molecule has 1 N–H and O–H groups in total. The van der Waals surface area contributed by atoms with Crippen LogP contribution >= 0.6 is 0 Å². The normalized spacial score (nSPS) is 10.3. The minimum atomic E-state index is 0.756. The van der Waals surface area contributed by atoms with Gasteiger partial charge in [0.25, 0.3) is 0 Å². The van der Waals surface area contributed by atoms with E-state index in [9.17, 15) is 0 Å². The molecule has 0 fully saturated rings. The quantitative estimate of drug-likeness (QED) is 0.690. The summed E-state index contributed by atoms with van der Waals surface area (Å²) in [5.74, 6) is 0.964. The van der Waals surface area contributed by atoms with Crippen LogP contribution in [0.5, 0.6) is 5.75 Å². The average molecular weight is 209 g/mol. The van der Waals surface area contributed by atoms with E-state index < -0.39 is 0 Å². The molecular weight excluding hydrogens is 190 g/mol. The first-order valence-electron chi connectivity index (χ1n) is 5.20. The zero-order valence-corrected chi connectivity index (χ0v) is 9.45. The molecule has 0 bridgehead atoms. The molecule has 1 aromatic carbocycles. The molecule has 0 saturated carbocycles. The molecule has 0 atom stereocenters. The van der Waals surface area contributed by atoms with Crippen LogP contribution in [0.4, 0.5) is 0 Å². The van der Waals surface area contributed by atoms with E-state index in [-0.39, 0.29) is 0 Å². The Balaban J connectivity index is 2.30. The van der Waals surface area contributed by atoms with E-state index in [0.717, 1.165) is 31.9 Å². The van der Waals surface area contributed by atoms with Crippen molar-refractivity contribution < 1.29 is 9.47 Å². The van der Waals surface area contributed by atoms with E-state index in [1.807, 2.05) is 18.2 Å². The van der Waals surface area contributed by atoms with Crippen molar-refractivity contribution in [3.8, 4) is 5.75 Å². The monoisotopic (exact) mass is 209 g/mol. The van der Waals surface area contributed by atoms with Crippen LogP contribution in [0, 0.1) is 0 Å². The minimum Gasteiger partial charge on any atom is -0.496 e. The zero-order valence-electron chi connectivity index (χ0n) is 9.45. The zero-order chi connectivity index (χ0) is 10.9. The van der Waals surface area contributed by atoms with Crippen molar-refractivity contribution in [2.45, 2.75) is 6.42 Å². The maximum absolute atomic E-state index is 5.27. The molecule has 3 nitrogen and oxygen atoms in total. The summed E-state index contributed by atoms with van der Waals surface area (Å²) in [5.41, 5.74) is 1.24. The van der Waals surface area contributed by atoms with Gasteiger partial charge in [-0.1, -0.05) is 18.2 Å². The highest BCUT2D eigenvalue weighted by Gasteiger charge is 1.99. The van der Waals surface area contributed by atoms with Crippen molar-refractivity contribution in [1.82, 2.24) is 5.32 Å². The van der Waals surface area contributed by atoms with E-state index in [1.54, 1.807) is 14.2 Å². The summed E-state index contributed by atoms with van der Waals surface area (Å²) in [5, 5.41) is 3.31. The third-order valence-electron chi connectivity index (χ3n) is 2.25. The van der Waals surface area contributed by atoms with E-state index in [1.165, 1.54) is 5.56 Å². The molecule has 3 heteroatoms. The van der Waals surface area contributed by atoms with Gasteiger partial charge in [0, 0.05) is 13.7 Å². The van der Waals surface area contributed by atoms with Crippen molar-refractivity contribution in [3.05, 3.63) is 29.8 Å². The van der Waals surface area contributed by atoms with E-state index in [2.05, 4.69) is 11.4 Å². The van der Waals surface area contributed by atoms with Gasteiger partial charge in [0.2, 0.25) is 0 Å². The Hall–Kier alpha value is -1.06. The average Bonchev–Trinajstić information content (AvgIpc) is 2.29. The van der Waals surface area contributed by atoms with Crippen LogP contribution in [-0.4, -0.2) is 33.9 Å². The van der Waals surface area contributed by atoms with Crippen LogP contribution in [0.2, 0.25) is 0 Å². The number of rotatable bonds is 7. The number of methoxy groups -OCH3 is 2. The van der Waals surface area contributed by atoms with Crippen molar-refractivity contribution in [3.63, 3.8) is 0 Å². The summed E-state index contributed by atoms with van der Waals surface area (Å²) in [4.78, 5) is 0. The smallest absolute Gasteiger partial charge is 0.122 e. The third kappa shape index (κ3) is 4.32. The predicted octanol–water partition coefficient (Wildman–Crippen LogP) is 1.47. The first kappa shape index (κ1) is 12.0. The number of nitrogens with one attached hydrogen (secondary N) is 1. The van der Waals surface area contributed by atoms with Gasteiger partial charge in [-0.2, -0.15) is 0 Å². The van der Waals surface area contributed by atoms with Crippen LogP contribution in [0.15, 0.2) is 24.3 Å². The molecule has 84 valence electrons. The Bertz CT molecular complexity index is 276. The van der Waals surface area contributed by atoms with E-state index in [0.29, 0.717) is 0 Å². The van der Waals surface area contributed by atoms with E-state index in [4.69, 9.17) is 9.47 Å². The van der Waals surface area contributed by atoms with Crippen LogP contribution < -0.4 is 10.1 Å². The second-order valence-electron chi connectivity index (χ2n) is 3.30. The summed E-state index contributed by atoms with van der Waals surface area (Å²) in [7, 11) is 3.42.